The lowest BCUT2D eigenvalue weighted by molar-refractivity contribution is -0.128. The van der Waals surface area contributed by atoms with Gasteiger partial charge >= 0.3 is 0 Å². The number of hydrogen-bond donors (Lipinski definition) is 2. The molecular weight excluding hydrogens is 220 g/mol. The number of hydrogen-bond acceptors (Lipinski definition) is 4. The highest BCUT2D eigenvalue weighted by atomic mass is 16.6. The number of carbonyl (C=O) groups is 1. The van der Waals surface area contributed by atoms with Crippen LogP contribution >= 0.6 is 0 Å². The maximum atomic E-state index is 11.9. The van der Waals surface area contributed by atoms with Crippen LogP contribution in [-0.2, 0) is 14.3 Å². The summed E-state index contributed by atoms with van der Waals surface area (Å²) in [5.41, 5.74) is 0. The average molecular weight is 242 g/mol. The summed E-state index contributed by atoms with van der Waals surface area (Å²) in [5.74, 6) is 0.815. The van der Waals surface area contributed by atoms with Gasteiger partial charge in [-0.05, 0) is 18.9 Å². The van der Waals surface area contributed by atoms with Gasteiger partial charge in [0.05, 0.1) is 31.8 Å². The Bertz CT molecular complexity index is 254. The van der Waals surface area contributed by atoms with E-state index in [1.165, 1.54) is 0 Å². The first-order chi connectivity index (χ1) is 8.25. The van der Waals surface area contributed by atoms with Crippen molar-refractivity contribution >= 4 is 5.91 Å². The molecule has 98 valence electrons. The van der Waals surface area contributed by atoms with Crippen molar-refractivity contribution in [3.63, 3.8) is 0 Å². The Hall–Kier alpha value is -0.650. The van der Waals surface area contributed by atoms with Crippen molar-refractivity contribution in [3.05, 3.63) is 0 Å². The van der Waals surface area contributed by atoms with Crippen LogP contribution in [0.1, 0.15) is 13.3 Å². The summed E-state index contributed by atoms with van der Waals surface area (Å²) >= 11 is 0. The summed E-state index contributed by atoms with van der Waals surface area (Å²) in [4.78, 5) is 11.9. The molecule has 2 aliphatic rings. The Labute approximate surface area is 102 Å². The third kappa shape index (κ3) is 3.94. The van der Waals surface area contributed by atoms with Gasteiger partial charge in [-0.1, -0.05) is 6.92 Å². The second-order valence-electron chi connectivity index (χ2n) is 5.01. The fourth-order valence-corrected chi connectivity index (χ4v) is 2.37. The van der Waals surface area contributed by atoms with Crippen LogP contribution < -0.4 is 10.6 Å². The van der Waals surface area contributed by atoms with E-state index in [-0.39, 0.29) is 17.9 Å². The molecule has 0 aromatic heterocycles. The standard InChI is InChI=1S/C12H22N2O3/c1-9-4-10(6-13-5-9)12(15)14-7-11-8-16-2-3-17-11/h9-11,13H,2-8H2,1H3,(H,14,15). The third-order valence-corrected chi connectivity index (χ3v) is 3.33. The van der Waals surface area contributed by atoms with Crippen LogP contribution in [0.4, 0.5) is 0 Å². The lowest BCUT2D eigenvalue weighted by Gasteiger charge is -2.28. The Morgan fingerprint density at radius 2 is 2.29 bits per heavy atom. The van der Waals surface area contributed by atoms with Crippen molar-refractivity contribution in [3.8, 4) is 0 Å². The third-order valence-electron chi connectivity index (χ3n) is 3.33. The van der Waals surface area contributed by atoms with Crippen molar-refractivity contribution in [2.24, 2.45) is 11.8 Å². The number of nitrogens with one attached hydrogen (secondary N) is 2. The zero-order valence-corrected chi connectivity index (χ0v) is 10.4. The molecular formula is C12H22N2O3. The Balaban J connectivity index is 1.69. The van der Waals surface area contributed by atoms with Crippen LogP contribution in [0.25, 0.3) is 0 Å². The van der Waals surface area contributed by atoms with E-state index < -0.39 is 0 Å². The molecule has 0 aromatic carbocycles. The fraction of sp³-hybridized carbons (Fsp3) is 0.917. The van der Waals surface area contributed by atoms with Gasteiger partial charge in [0, 0.05) is 13.1 Å². The number of carbonyl (C=O) groups excluding carboxylic acids is 1. The maximum Gasteiger partial charge on any atom is 0.224 e. The summed E-state index contributed by atoms with van der Waals surface area (Å²) in [6.07, 6.45) is 0.989. The van der Waals surface area contributed by atoms with Gasteiger partial charge in [-0.2, -0.15) is 0 Å². The largest absolute Gasteiger partial charge is 0.376 e. The molecule has 2 N–H and O–H groups in total. The van der Waals surface area contributed by atoms with Crippen LogP contribution in [0.2, 0.25) is 0 Å². The molecule has 5 heteroatoms. The summed E-state index contributed by atoms with van der Waals surface area (Å²) in [7, 11) is 0. The molecule has 1 amide bonds. The number of rotatable bonds is 3. The molecule has 0 aliphatic carbocycles. The predicted octanol–water partition coefficient (Wildman–Crippen LogP) is -0.236. The molecule has 0 radical (unpaired) electrons. The highest BCUT2D eigenvalue weighted by molar-refractivity contribution is 5.79. The Morgan fingerprint density at radius 3 is 3.00 bits per heavy atom. The van der Waals surface area contributed by atoms with E-state index in [1.54, 1.807) is 0 Å². The Kier molecular flexibility index (Phi) is 4.76. The van der Waals surface area contributed by atoms with E-state index in [1.807, 2.05) is 0 Å². The van der Waals surface area contributed by atoms with Crippen molar-refractivity contribution in [2.45, 2.75) is 19.4 Å². The van der Waals surface area contributed by atoms with Crippen molar-refractivity contribution < 1.29 is 14.3 Å². The second-order valence-corrected chi connectivity index (χ2v) is 5.01. The number of amides is 1. The molecule has 0 bridgehead atoms. The van der Waals surface area contributed by atoms with E-state index in [4.69, 9.17) is 9.47 Å². The van der Waals surface area contributed by atoms with E-state index in [0.717, 1.165) is 19.5 Å². The maximum absolute atomic E-state index is 11.9. The zero-order valence-electron chi connectivity index (χ0n) is 10.4. The summed E-state index contributed by atoms with van der Waals surface area (Å²) in [6.45, 7) is 6.41. The minimum Gasteiger partial charge on any atom is -0.376 e. The van der Waals surface area contributed by atoms with Crippen LogP contribution in [0.3, 0.4) is 0 Å². The van der Waals surface area contributed by atoms with Gasteiger partial charge < -0.3 is 20.1 Å². The number of ether oxygens (including phenoxy) is 2. The summed E-state index contributed by atoms with van der Waals surface area (Å²) < 4.78 is 10.8. The van der Waals surface area contributed by atoms with Crippen LogP contribution in [0, 0.1) is 11.8 Å². The molecule has 5 nitrogen and oxygen atoms in total. The molecule has 0 saturated carbocycles. The van der Waals surface area contributed by atoms with Crippen molar-refractivity contribution in [1.82, 2.24) is 10.6 Å². The highest BCUT2D eigenvalue weighted by Gasteiger charge is 2.25. The highest BCUT2D eigenvalue weighted by Crippen LogP contribution is 2.15. The Morgan fingerprint density at radius 1 is 1.41 bits per heavy atom. The monoisotopic (exact) mass is 242 g/mol. The van der Waals surface area contributed by atoms with Crippen LogP contribution in [0.15, 0.2) is 0 Å². The van der Waals surface area contributed by atoms with E-state index in [2.05, 4.69) is 17.6 Å². The molecule has 3 atom stereocenters. The quantitative estimate of drug-likeness (QED) is 0.717. The molecule has 2 fully saturated rings. The van der Waals surface area contributed by atoms with Crippen LogP contribution in [0.5, 0.6) is 0 Å². The molecule has 0 spiro atoms. The molecule has 17 heavy (non-hydrogen) atoms. The van der Waals surface area contributed by atoms with Gasteiger partial charge in [-0.15, -0.1) is 0 Å². The first-order valence-corrected chi connectivity index (χ1v) is 6.43. The minimum atomic E-state index is 0.0154. The van der Waals surface area contributed by atoms with Gasteiger partial charge in [-0.3, -0.25) is 4.79 Å². The topological polar surface area (TPSA) is 59.6 Å². The molecule has 2 saturated heterocycles. The lowest BCUT2D eigenvalue weighted by Crippen LogP contribution is -2.46. The normalized spacial score (nSPS) is 34.3. The molecule has 2 heterocycles. The fourth-order valence-electron chi connectivity index (χ4n) is 2.37. The van der Waals surface area contributed by atoms with E-state index >= 15 is 0 Å². The minimum absolute atomic E-state index is 0.0154. The summed E-state index contributed by atoms with van der Waals surface area (Å²) in [6, 6.07) is 0. The first kappa shape index (κ1) is 12.8. The van der Waals surface area contributed by atoms with E-state index in [0.29, 0.717) is 32.3 Å². The molecule has 3 unspecified atom stereocenters. The predicted molar refractivity (Wildman–Crippen MR) is 63.7 cm³/mol. The van der Waals surface area contributed by atoms with Gasteiger partial charge in [0.2, 0.25) is 5.91 Å². The smallest absolute Gasteiger partial charge is 0.224 e. The van der Waals surface area contributed by atoms with Gasteiger partial charge in [0.25, 0.3) is 0 Å². The van der Waals surface area contributed by atoms with Crippen molar-refractivity contribution in [1.29, 1.82) is 0 Å². The average Bonchev–Trinajstić information content (AvgIpc) is 2.37. The van der Waals surface area contributed by atoms with Gasteiger partial charge in [-0.25, -0.2) is 0 Å². The van der Waals surface area contributed by atoms with Gasteiger partial charge in [0.1, 0.15) is 0 Å². The zero-order chi connectivity index (χ0) is 12.1. The van der Waals surface area contributed by atoms with E-state index in [9.17, 15) is 4.79 Å². The second kappa shape index (κ2) is 6.33. The molecule has 2 rings (SSSR count). The molecule has 0 aromatic rings. The number of piperidine rings is 1. The lowest BCUT2D eigenvalue weighted by atomic mass is 9.91. The first-order valence-electron chi connectivity index (χ1n) is 6.43. The summed E-state index contributed by atoms with van der Waals surface area (Å²) in [5, 5.41) is 6.25. The molecule has 2 aliphatic heterocycles. The van der Waals surface area contributed by atoms with Gasteiger partial charge in [0.15, 0.2) is 0 Å². The van der Waals surface area contributed by atoms with Crippen LogP contribution in [-0.4, -0.2) is 51.5 Å². The SMILES string of the molecule is CC1CNCC(C(=O)NCC2COCCO2)C1. The van der Waals surface area contributed by atoms with Crippen molar-refractivity contribution in [2.75, 3.05) is 39.5 Å².